The zero-order valence-electron chi connectivity index (χ0n) is 10.4. The number of hydrogen-bond acceptors (Lipinski definition) is 3. The number of alkyl halides is 1. The van der Waals surface area contributed by atoms with Crippen LogP contribution in [0, 0.1) is 6.92 Å². The van der Waals surface area contributed by atoms with Gasteiger partial charge in [-0.3, -0.25) is 0 Å². The van der Waals surface area contributed by atoms with Crippen LogP contribution in [-0.2, 0) is 6.54 Å². The van der Waals surface area contributed by atoms with Gasteiger partial charge in [-0.15, -0.1) is 11.6 Å². The van der Waals surface area contributed by atoms with Crippen molar-refractivity contribution in [2.24, 2.45) is 0 Å². The largest absolute Gasteiger partial charge is 0.335 e. The van der Waals surface area contributed by atoms with E-state index in [-0.39, 0.29) is 0 Å². The van der Waals surface area contributed by atoms with Gasteiger partial charge in [-0.05, 0) is 18.1 Å². The summed E-state index contributed by atoms with van der Waals surface area (Å²) < 4.78 is 0. The molecule has 94 valence electrons. The second-order valence-corrected chi connectivity index (χ2v) is 4.53. The number of aromatic nitrogens is 2. The monoisotopic (exact) mass is 261 g/mol. The van der Waals surface area contributed by atoms with Crippen molar-refractivity contribution < 1.29 is 0 Å². The van der Waals surface area contributed by atoms with Crippen LogP contribution in [0.2, 0.25) is 0 Å². The van der Waals surface area contributed by atoms with Crippen molar-refractivity contribution >= 4 is 17.5 Å². The van der Waals surface area contributed by atoms with E-state index in [4.69, 9.17) is 11.6 Å². The number of rotatable bonds is 5. The normalized spacial score (nSPS) is 10.3. The van der Waals surface area contributed by atoms with Gasteiger partial charge in [0, 0.05) is 31.4 Å². The summed E-state index contributed by atoms with van der Waals surface area (Å²) in [6.07, 6.45) is 3.66. The molecule has 0 radical (unpaired) electrons. The van der Waals surface area contributed by atoms with Crippen molar-refractivity contribution in [2.75, 3.05) is 17.3 Å². The number of anilines is 1. The molecule has 2 aromatic rings. The van der Waals surface area contributed by atoms with Gasteiger partial charge >= 0.3 is 0 Å². The summed E-state index contributed by atoms with van der Waals surface area (Å²) in [4.78, 5) is 10.8. The Kier molecular flexibility index (Phi) is 4.53. The predicted molar refractivity (Wildman–Crippen MR) is 75.0 cm³/mol. The molecule has 1 aromatic carbocycles. The van der Waals surface area contributed by atoms with Gasteiger partial charge in [-0.2, -0.15) is 0 Å². The summed E-state index contributed by atoms with van der Waals surface area (Å²) in [5.41, 5.74) is 2.29. The topological polar surface area (TPSA) is 29.0 Å². The second kappa shape index (κ2) is 6.36. The molecule has 4 heteroatoms. The van der Waals surface area contributed by atoms with E-state index < -0.39 is 0 Å². The number of benzene rings is 1. The molecule has 0 aliphatic heterocycles. The molecule has 0 bridgehead atoms. The molecule has 18 heavy (non-hydrogen) atoms. The Labute approximate surface area is 112 Å². The van der Waals surface area contributed by atoms with E-state index >= 15 is 0 Å². The fourth-order valence-corrected chi connectivity index (χ4v) is 1.91. The molecule has 1 heterocycles. The molecule has 0 unspecified atom stereocenters. The first-order valence-electron chi connectivity index (χ1n) is 5.93. The number of hydrogen-bond donors (Lipinski definition) is 0. The molecule has 3 nitrogen and oxygen atoms in total. The Morgan fingerprint density at radius 3 is 2.39 bits per heavy atom. The lowest BCUT2D eigenvalue weighted by atomic mass is 10.2. The maximum Gasteiger partial charge on any atom is 0.225 e. The first kappa shape index (κ1) is 12.8. The standard InChI is InChI=1S/C14H16ClN3/c1-12-9-16-14(17-10-12)18(8-7-15)11-13-5-3-2-4-6-13/h2-6,9-10H,7-8,11H2,1H3. The number of aryl methyl sites for hydroxylation is 1. The van der Waals surface area contributed by atoms with Crippen molar-refractivity contribution in [3.05, 3.63) is 53.9 Å². The number of halogens is 1. The Hall–Kier alpha value is -1.61. The molecular weight excluding hydrogens is 246 g/mol. The molecule has 2 rings (SSSR count). The second-order valence-electron chi connectivity index (χ2n) is 4.16. The van der Waals surface area contributed by atoms with Crippen molar-refractivity contribution in [3.8, 4) is 0 Å². The summed E-state index contributed by atoms with van der Waals surface area (Å²) >= 11 is 5.85. The van der Waals surface area contributed by atoms with Crippen molar-refractivity contribution in [2.45, 2.75) is 13.5 Å². The minimum absolute atomic E-state index is 0.560. The highest BCUT2D eigenvalue weighted by atomic mass is 35.5. The molecule has 0 aliphatic rings. The van der Waals surface area contributed by atoms with Gasteiger partial charge in [0.1, 0.15) is 0 Å². The van der Waals surface area contributed by atoms with Crippen LogP contribution >= 0.6 is 11.6 Å². The highest BCUT2D eigenvalue weighted by Gasteiger charge is 2.09. The molecule has 0 aliphatic carbocycles. The first-order chi connectivity index (χ1) is 8.79. The predicted octanol–water partition coefficient (Wildman–Crippen LogP) is 3.03. The highest BCUT2D eigenvalue weighted by molar-refractivity contribution is 6.18. The van der Waals surface area contributed by atoms with Crippen molar-refractivity contribution in [3.63, 3.8) is 0 Å². The maximum absolute atomic E-state index is 5.85. The Morgan fingerprint density at radius 2 is 1.78 bits per heavy atom. The van der Waals surface area contributed by atoms with Crippen LogP contribution in [0.1, 0.15) is 11.1 Å². The van der Waals surface area contributed by atoms with Gasteiger partial charge < -0.3 is 4.90 Å². The van der Waals surface area contributed by atoms with E-state index in [0.29, 0.717) is 5.88 Å². The van der Waals surface area contributed by atoms with Crippen molar-refractivity contribution in [1.29, 1.82) is 0 Å². The minimum atomic E-state index is 0.560. The van der Waals surface area contributed by atoms with Crippen LogP contribution < -0.4 is 4.90 Å². The van der Waals surface area contributed by atoms with E-state index in [1.54, 1.807) is 0 Å². The SMILES string of the molecule is Cc1cnc(N(CCCl)Cc2ccccc2)nc1. The van der Waals surface area contributed by atoms with Crippen molar-refractivity contribution in [1.82, 2.24) is 9.97 Å². The van der Waals surface area contributed by atoms with E-state index in [2.05, 4.69) is 27.0 Å². The smallest absolute Gasteiger partial charge is 0.225 e. The Morgan fingerprint density at radius 1 is 1.11 bits per heavy atom. The van der Waals surface area contributed by atoms with Crippen LogP contribution in [0.4, 0.5) is 5.95 Å². The summed E-state index contributed by atoms with van der Waals surface area (Å²) in [6.45, 7) is 3.49. The van der Waals surface area contributed by atoms with Crippen LogP contribution in [-0.4, -0.2) is 22.4 Å². The zero-order valence-corrected chi connectivity index (χ0v) is 11.1. The third-order valence-corrected chi connectivity index (χ3v) is 2.79. The van der Waals surface area contributed by atoms with Gasteiger partial charge in [0.15, 0.2) is 0 Å². The average molecular weight is 262 g/mol. The van der Waals surface area contributed by atoms with Gasteiger partial charge in [0.2, 0.25) is 5.95 Å². The quantitative estimate of drug-likeness (QED) is 0.775. The molecule has 0 saturated heterocycles. The molecule has 0 spiro atoms. The van der Waals surface area contributed by atoms with E-state index in [1.807, 2.05) is 37.5 Å². The van der Waals surface area contributed by atoms with Crippen LogP contribution in [0.25, 0.3) is 0 Å². The molecule has 1 aromatic heterocycles. The van der Waals surface area contributed by atoms with Crippen LogP contribution in [0.5, 0.6) is 0 Å². The van der Waals surface area contributed by atoms with Gasteiger partial charge in [0.05, 0.1) is 0 Å². The minimum Gasteiger partial charge on any atom is -0.335 e. The summed E-state index contributed by atoms with van der Waals surface area (Å²) in [5.74, 6) is 1.29. The van der Waals surface area contributed by atoms with Gasteiger partial charge in [-0.1, -0.05) is 30.3 Å². The van der Waals surface area contributed by atoms with Crippen LogP contribution in [0.15, 0.2) is 42.7 Å². The van der Waals surface area contributed by atoms with E-state index in [9.17, 15) is 0 Å². The molecule has 0 fully saturated rings. The highest BCUT2D eigenvalue weighted by Crippen LogP contribution is 2.12. The lowest BCUT2D eigenvalue weighted by Crippen LogP contribution is -2.26. The van der Waals surface area contributed by atoms with E-state index in [1.165, 1.54) is 5.56 Å². The van der Waals surface area contributed by atoms with E-state index in [0.717, 1.165) is 24.6 Å². The molecule has 0 atom stereocenters. The lowest BCUT2D eigenvalue weighted by Gasteiger charge is -2.21. The summed E-state index contributed by atoms with van der Waals surface area (Å²) in [7, 11) is 0. The molecule has 0 N–H and O–H groups in total. The van der Waals surface area contributed by atoms with Gasteiger partial charge in [-0.25, -0.2) is 9.97 Å². The first-order valence-corrected chi connectivity index (χ1v) is 6.46. The number of nitrogens with zero attached hydrogens (tertiary/aromatic N) is 3. The van der Waals surface area contributed by atoms with Crippen LogP contribution in [0.3, 0.4) is 0 Å². The molecule has 0 amide bonds. The lowest BCUT2D eigenvalue weighted by molar-refractivity contribution is 0.793. The molecule has 0 saturated carbocycles. The maximum atomic E-state index is 5.85. The zero-order chi connectivity index (χ0) is 12.8. The third kappa shape index (κ3) is 3.44. The van der Waals surface area contributed by atoms with Gasteiger partial charge in [0.25, 0.3) is 0 Å². The summed E-state index contributed by atoms with van der Waals surface area (Å²) in [5, 5.41) is 0. The summed E-state index contributed by atoms with van der Waals surface area (Å²) in [6, 6.07) is 10.3. The molecular formula is C14H16ClN3. The Bertz CT molecular complexity index is 470. The average Bonchev–Trinajstić information content (AvgIpc) is 2.40. The fourth-order valence-electron chi connectivity index (χ4n) is 1.70. The third-order valence-electron chi connectivity index (χ3n) is 2.62. The Balaban J connectivity index is 2.15. The fraction of sp³-hybridized carbons (Fsp3) is 0.286.